The van der Waals surface area contributed by atoms with Crippen LogP contribution in [0.5, 0.6) is 0 Å². The molecule has 3 saturated heterocycles. The Morgan fingerprint density at radius 3 is 0.705 bits per heavy atom. The van der Waals surface area contributed by atoms with Gasteiger partial charge in [0.25, 0.3) is 35.4 Å². The number of unbranched alkanes of at least 4 members (excludes halogenated alkanes) is 28. The molecule has 0 saturated carbocycles. The molecule has 122 heavy (non-hydrogen) atoms. The number of hydrogen-bond donors (Lipinski definition) is 8. The number of hydroxylamine groups is 6. The van der Waals surface area contributed by atoms with Crippen LogP contribution >= 0.6 is 34.8 Å². The maximum Gasteiger partial charge on any atom is 0.407 e. The van der Waals surface area contributed by atoms with Crippen molar-refractivity contribution in [2.24, 2.45) is 0 Å². The summed E-state index contributed by atoms with van der Waals surface area (Å²) in [4.78, 5) is 223. The predicted molar refractivity (Wildman–Crippen MR) is 450 cm³/mol. The first-order valence-electron chi connectivity index (χ1n) is 44.6. The summed E-state index contributed by atoms with van der Waals surface area (Å²) in [6, 6.07) is 0. The quantitative estimate of drug-likeness (QED) is 0.0159. The minimum absolute atomic E-state index is 0.00476. The molecular weight excluding hydrogens is 1650 g/mol. The van der Waals surface area contributed by atoms with E-state index in [4.69, 9.17) is 68.3 Å². The number of nitrogens with one attached hydrogen (secondary N) is 8. The van der Waals surface area contributed by atoms with Crippen molar-refractivity contribution >= 4 is 136 Å². The number of imide groups is 3. The normalized spacial score (nSPS) is 13.5. The molecule has 0 aliphatic carbocycles. The molecule has 694 valence electrons. The molecule has 14 amide bonds. The Kier molecular flexibility index (Phi) is 60.8. The molecule has 3 heterocycles. The highest BCUT2D eigenvalue weighted by molar-refractivity contribution is 6.67. The van der Waals surface area contributed by atoms with Gasteiger partial charge in [0.2, 0.25) is 45.1 Å². The maximum atomic E-state index is 13.9. The molecule has 0 aromatic heterocycles. The van der Waals surface area contributed by atoms with Crippen molar-refractivity contribution in [1.29, 1.82) is 0 Å². The highest BCUT2D eigenvalue weighted by Crippen LogP contribution is 2.26. The summed E-state index contributed by atoms with van der Waals surface area (Å²) < 4.78 is 21.6. The van der Waals surface area contributed by atoms with Crippen molar-refractivity contribution in [1.82, 2.24) is 57.7 Å². The van der Waals surface area contributed by atoms with Gasteiger partial charge < -0.3 is 76.0 Å². The van der Waals surface area contributed by atoms with E-state index in [1.54, 1.807) is 0 Å². The third-order valence-electron chi connectivity index (χ3n) is 20.1. The second-order valence-corrected chi connectivity index (χ2v) is 33.7. The third-order valence-corrected chi connectivity index (χ3v) is 20.4. The summed E-state index contributed by atoms with van der Waals surface area (Å²) in [5.41, 5.74) is -1.33. The molecule has 0 atom stereocenters. The standard InChI is InChI=1S/C84H138Cl3N11O24/c85-84(86,87)65-119-82(115)94-58-35-21-4-11-25-39-72(105)95-83(62-116-59-49-69(102)91-55-32-15-1-8-22-36-66(99)88-52-29-18-5-12-26-40-79(112)120-96-73(106)43-44-74(96)107,63-117-60-50-70(103)92-56-33-16-2-9-23-37-67(100)89-53-30-19-6-13-27-41-80(113)121-97-75(108)45-46-76(97)109)64-118-61-51-71(104)93-57-34-17-3-10-24-38-68(101)90-54-31-20-7-14-28-42-81(114)122-98-77(110)47-48-78(98)111/h1-65H2,(H,88,99)(H,89,100)(H,90,101)(H,91,102)(H,92,103)(H,93,104)(H,94,115)(H,95,105). The Bertz CT molecular complexity index is 2870. The third kappa shape index (κ3) is 57.6. The van der Waals surface area contributed by atoms with E-state index >= 15 is 0 Å². The van der Waals surface area contributed by atoms with E-state index in [2.05, 4.69) is 42.5 Å². The lowest BCUT2D eigenvalue weighted by molar-refractivity contribution is -0.197. The van der Waals surface area contributed by atoms with Crippen molar-refractivity contribution in [2.45, 2.75) is 337 Å². The SMILES string of the molecule is O=C(CCCCCCCNC(=O)CCOCC(COCCC(=O)NCCCCCCCC(=O)NCCCCCCCC(=O)ON1C(=O)CCC1=O)(COCCC(=O)NCCCCCCCC(=O)NCCCCCCCC(=O)ON1C(=O)CCC1=O)NC(=O)CCCCCCCNC(=O)OCC(Cl)(Cl)Cl)NCCCCCCCC(=O)ON1C(=O)CCC1=O. The van der Waals surface area contributed by atoms with E-state index in [0.29, 0.717) is 119 Å². The van der Waals surface area contributed by atoms with Crippen molar-refractivity contribution in [3.8, 4) is 0 Å². The van der Waals surface area contributed by atoms with Gasteiger partial charge in [0.15, 0.2) is 0 Å². The second kappa shape index (κ2) is 68.5. The summed E-state index contributed by atoms with van der Waals surface area (Å²) >= 11 is 17.0. The fourth-order valence-electron chi connectivity index (χ4n) is 13.1. The van der Waals surface area contributed by atoms with Gasteiger partial charge in [-0.3, -0.25) is 62.3 Å². The molecule has 0 spiro atoms. The minimum atomic E-state index is -1.74. The first kappa shape index (κ1) is 108. The summed E-state index contributed by atoms with van der Waals surface area (Å²) in [7, 11) is 0. The van der Waals surface area contributed by atoms with Gasteiger partial charge >= 0.3 is 24.0 Å². The lowest BCUT2D eigenvalue weighted by Gasteiger charge is -2.34. The van der Waals surface area contributed by atoms with Crippen molar-refractivity contribution in [3.05, 3.63) is 0 Å². The molecule has 35 nitrogen and oxygen atoms in total. The number of carbonyl (C=O) groups excluding carboxylic acids is 17. The second-order valence-electron chi connectivity index (χ2n) is 31.2. The molecule has 0 aromatic rings. The Labute approximate surface area is 733 Å². The number of ether oxygens (including phenoxy) is 4. The lowest BCUT2D eigenvalue weighted by Crippen LogP contribution is -2.58. The zero-order valence-electron chi connectivity index (χ0n) is 71.7. The molecule has 0 unspecified atom stereocenters. The molecule has 38 heteroatoms. The lowest BCUT2D eigenvalue weighted by atomic mass is 10.0. The van der Waals surface area contributed by atoms with Gasteiger partial charge in [-0.05, 0) is 89.9 Å². The Hall–Kier alpha value is -7.86. The number of alkyl carbamates (subject to hydrolysis) is 1. The first-order chi connectivity index (χ1) is 58.7. The zero-order chi connectivity index (χ0) is 89.1. The van der Waals surface area contributed by atoms with E-state index in [1.807, 2.05) is 0 Å². The fourth-order valence-corrected chi connectivity index (χ4v) is 13.3. The van der Waals surface area contributed by atoms with Crippen LogP contribution in [-0.2, 0) is 110 Å². The van der Waals surface area contributed by atoms with Crippen LogP contribution in [-0.4, -0.2) is 217 Å². The minimum Gasteiger partial charge on any atom is -0.445 e. The van der Waals surface area contributed by atoms with Crippen LogP contribution in [0, 0.1) is 0 Å². The van der Waals surface area contributed by atoms with Gasteiger partial charge in [0.1, 0.15) is 12.1 Å². The summed E-state index contributed by atoms with van der Waals surface area (Å²) in [6.07, 6.45) is 28.3. The molecular formula is C84H138Cl3N11O24. The molecule has 0 radical (unpaired) electrons. The van der Waals surface area contributed by atoms with E-state index in [-0.39, 0.29) is 164 Å². The summed E-state index contributed by atoms with van der Waals surface area (Å²) in [5, 5.41) is 25.0. The number of nitrogens with zero attached hydrogens (tertiary/aromatic N) is 3. The topological polar surface area (TPSA) is 461 Å². The first-order valence-corrected chi connectivity index (χ1v) is 45.7. The summed E-state index contributed by atoms with van der Waals surface area (Å²) in [6.45, 7) is 2.36. The van der Waals surface area contributed by atoms with Gasteiger partial charge in [-0.15, -0.1) is 15.2 Å². The van der Waals surface area contributed by atoms with Crippen LogP contribution in [0.15, 0.2) is 0 Å². The number of alkyl halides is 3. The smallest absolute Gasteiger partial charge is 0.407 e. The number of amides is 14. The molecule has 3 fully saturated rings. The van der Waals surface area contributed by atoms with Gasteiger partial charge in [-0.2, -0.15) is 0 Å². The molecule has 3 rings (SSSR count). The van der Waals surface area contributed by atoms with Crippen LogP contribution in [0.25, 0.3) is 0 Å². The van der Waals surface area contributed by atoms with Crippen LogP contribution in [0.1, 0.15) is 327 Å². The van der Waals surface area contributed by atoms with E-state index < -0.39 is 75.4 Å². The Morgan fingerprint density at radius 2 is 0.459 bits per heavy atom. The van der Waals surface area contributed by atoms with Crippen LogP contribution < -0.4 is 42.5 Å². The highest BCUT2D eigenvalue weighted by Gasteiger charge is 2.37. The van der Waals surface area contributed by atoms with Gasteiger partial charge in [-0.1, -0.05) is 170 Å². The monoisotopic (exact) mass is 1790 g/mol. The average Bonchev–Trinajstić information content (AvgIpc) is 1.55. The van der Waals surface area contributed by atoms with Gasteiger partial charge in [0.05, 0.1) is 39.6 Å². The van der Waals surface area contributed by atoms with E-state index in [0.717, 1.165) is 186 Å². The highest BCUT2D eigenvalue weighted by atomic mass is 35.6. The number of carbonyl (C=O) groups is 17. The largest absolute Gasteiger partial charge is 0.445 e. The van der Waals surface area contributed by atoms with Crippen LogP contribution in [0.2, 0.25) is 0 Å². The van der Waals surface area contributed by atoms with Crippen molar-refractivity contribution < 1.29 is 115 Å². The molecule has 8 N–H and O–H groups in total. The maximum absolute atomic E-state index is 13.9. The van der Waals surface area contributed by atoms with Crippen molar-refractivity contribution in [3.63, 3.8) is 0 Å². The Balaban J connectivity index is 1.44. The summed E-state index contributed by atoms with van der Waals surface area (Å²) in [5.74, 6) is -5.96. The van der Waals surface area contributed by atoms with Crippen LogP contribution in [0.4, 0.5) is 4.79 Å². The average molecular weight is 1790 g/mol. The van der Waals surface area contributed by atoms with Gasteiger partial charge in [-0.25, -0.2) is 19.2 Å². The van der Waals surface area contributed by atoms with Crippen molar-refractivity contribution in [2.75, 3.05) is 92.1 Å². The molecule has 3 aliphatic rings. The molecule has 0 aromatic carbocycles. The van der Waals surface area contributed by atoms with E-state index in [1.165, 1.54) is 0 Å². The predicted octanol–water partition coefficient (Wildman–Crippen LogP) is 10.1. The molecule has 0 bridgehead atoms. The number of halogens is 3. The van der Waals surface area contributed by atoms with Crippen LogP contribution in [0.3, 0.4) is 0 Å². The fraction of sp³-hybridized carbons (Fsp3) is 0.798. The zero-order valence-corrected chi connectivity index (χ0v) is 74.0. The number of hydrogen-bond acceptors (Lipinski definition) is 24. The molecule has 3 aliphatic heterocycles. The Morgan fingerprint density at radius 1 is 0.254 bits per heavy atom. The number of rotatable bonds is 76. The van der Waals surface area contributed by atoms with E-state index in [9.17, 15) is 81.5 Å². The van der Waals surface area contributed by atoms with Gasteiger partial charge in [0, 0.05) is 149 Å².